The van der Waals surface area contributed by atoms with Gasteiger partial charge in [-0.05, 0) is 42.8 Å². The third kappa shape index (κ3) is 5.54. The monoisotopic (exact) mass is 435 g/mol. The number of sulfonamides is 1. The van der Waals surface area contributed by atoms with Crippen LogP contribution >= 0.6 is 22.9 Å². The summed E-state index contributed by atoms with van der Waals surface area (Å²) in [6.07, 6.45) is 2.54. The maximum absolute atomic E-state index is 12.3. The minimum Gasteiger partial charge on any atom is -0.385 e. The Morgan fingerprint density at radius 1 is 1.07 bits per heavy atom. The van der Waals surface area contributed by atoms with E-state index >= 15 is 0 Å². The molecule has 0 fully saturated rings. The van der Waals surface area contributed by atoms with Gasteiger partial charge in [0.2, 0.25) is 0 Å². The molecule has 0 radical (unpaired) electrons. The Morgan fingerprint density at radius 2 is 1.79 bits per heavy atom. The molecule has 3 aromatic rings. The van der Waals surface area contributed by atoms with Crippen molar-refractivity contribution in [2.24, 2.45) is 0 Å². The van der Waals surface area contributed by atoms with E-state index < -0.39 is 10.0 Å². The SMILES string of the molecule is O=C(CCCNc1ccc(Cl)cc1)c1ccc(S(=O)(=O)Nc2nccs2)cc1. The number of ketones is 1. The minimum atomic E-state index is -3.71. The molecule has 0 atom stereocenters. The summed E-state index contributed by atoms with van der Waals surface area (Å²) >= 11 is 7.03. The lowest BCUT2D eigenvalue weighted by Crippen LogP contribution is -2.13. The number of benzene rings is 2. The molecule has 0 aliphatic rings. The van der Waals surface area contributed by atoms with Gasteiger partial charge in [-0.15, -0.1) is 11.3 Å². The fraction of sp³-hybridized carbons (Fsp3) is 0.158. The van der Waals surface area contributed by atoms with Crippen LogP contribution < -0.4 is 10.0 Å². The van der Waals surface area contributed by atoms with Crippen molar-refractivity contribution in [3.63, 3.8) is 0 Å². The van der Waals surface area contributed by atoms with E-state index in [4.69, 9.17) is 11.6 Å². The zero-order chi connectivity index (χ0) is 20.0. The van der Waals surface area contributed by atoms with E-state index in [0.717, 1.165) is 5.69 Å². The van der Waals surface area contributed by atoms with Gasteiger partial charge in [-0.3, -0.25) is 9.52 Å². The first-order chi connectivity index (χ1) is 13.4. The molecule has 9 heteroatoms. The maximum atomic E-state index is 12.3. The van der Waals surface area contributed by atoms with E-state index in [-0.39, 0.29) is 10.7 Å². The summed E-state index contributed by atoms with van der Waals surface area (Å²) in [6.45, 7) is 0.650. The number of nitrogens with one attached hydrogen (secondary N) is 2. The Morgan fingerprint density at radius 3 is 2.43 bits per heavy atom. The normalized spacial score (nSPS) is 11.2. The van der Waals surface area contributed by atoms with Crippen molar-refractivity contribution in [3.8, 4) is 0 Å². The highest BCUT2D eigenvalue weighted by atomic mass is 35.5. The van der Waals surface area contributed by atoms with Gasteiger partial charge in [-0.1, -0.05) is 23.7 Å². The minimum absolute atomic E-state index is 0.0327. The number of hydrogen-bond donors (Lipinski definition) is 2. The molecule has 0 bridgehead atoms. The number of nitrogens with zero attached hydrogens (tertiary/aromatic N) is 1. The van der Waals surface area contributed by atoms with E-state index in [9.17, 15) is 13.2 Å². The van der Waals surface area contributed by atoms with Gasteiger partial charge < -0.3 is 5.32 Å². The number of rotatable bonds is 9. The number of anilines is 2. The van der Waals surface area contributed by atoms with Crippen LogP contribution in [0.25, 0.3) is 0 Å². The number of hydrogen-bond acceptors (Lipinski definition) is 6. The molecule has 0 aliphatic carbocycles. The standard InChI is InChI=1S/C19H18ClN3O3S2/c20-15-5-7-16(8-6-15)21-11-1-2-18(24)14-3-9-17(10-4-14)28(25,26)23-19-22-12-13-27-19/h3-10,12-13,21H,1-2,11H2,(H,22,23). The van der Waals surface area contributed by atoms with Crippen molar-refractivity contribution in [3.05, 3.63) is 70.7 Å². The van der Waals surface area contributed by atoms with Crippen LogP contribution in [-0.4, -0.2) is 25.7 Å². The zero-order valence-corrected chi connectivity index (χ0v) is 17.2. The molecule has 1 heterocycles. The third-order valence-electron chi connectivity index (χ3n) is 3.89. The second kappa shape index (κ2) is 9.18. The van der Waals surface area contributed by atoms with Crippen molar-refractivity contribution >= 4 is 49.6 Å². The first-order valence-electron chi connectivity index (χ1n) is 8.49. The predicted octanol–water partition coefficient (Wildman–Crippen LogP) is 4.67. The van der Waals surface area contributed by atoms with Gasteiger partial charge in [0, 0.05) is 40.8 Å². The molecule has 0 aliphatic heterocycles. The first kappa shape index (κ1) is 20.3. The summed E-state index contributed by atoms with van der Waals surface area (Å²) in [4.78, 5) is 16.3. The van der Waals surface area contributed by atoms with Crippen LogP contribution in [0, 0.1) is 0 Å². The van der Waals surface area contributed by atoms with E-state index in [1.165, 1.54) is 41.8 Å². The maximum Gasteiger partial charge on any atom is 0.263 e. The average Bonchev–Trinajstić information content (AvgIpc) is 3.19. The summed E-state index contributed by atoms with van der Waals surface area (Å²) in [7, 11) is -3.71. The highest BCUT2D eigenvalue weighted by Crippen LogP contribution is 2.19. The Hall–Kier alpha value is -2.42. The van der Waals surface area contributed by atoms with Gasteiger partial charge in [0.1, 0.15) is 0 Å². The van der Waals surface area contributed by atoms with Crippen LogP contribution in [0.4, 0.5) is 10.8 Å². The number of aromatic nitrogens is 1. The van der Waals surface area contributed by atoms with Gasteiger partial charge in [0.15, 0.2) is 10.9 Å². The van der Waals surface area contributed by atoms with Crippen LogP contribution in [0.2, 0.25) is 5.02 Å². The molecule has 6 nitrogen and oxygen atoms in total. The van der Waals surface area contributed by atoms with Crippen LogP contribution in [0.5, 0.6) is 0 Å². The predicted molar refractivity (Wildman–Crippen MR) is 113 cm³/mol. The Balaban J connectivity index is 1.51. The van der Waals surface area contributed by atoms with Crippen LogP contribution in [0.1, 0.15) is 23.2 Å². The van der Waals surface area contributed by atoms with Crippen LogP contribution in [0.3, 0.4) is 0 Å². The topological polar surface area (TPSA) is 88.2 Å². The molecule has 0 saturated carbocycles. The van der Waals surface area contributed by atoms with Gasteiger partial charge in [-0.2, -0.15) is 0 Å². The number of halogens is 1. The second-order valence-electron chi connectivity index (χ2n) is 5.93. The molecule has 2 aromatic carbocycles. The zero-order valence-electron chi connectivity index (χ0n) is 14.8. The number of carbonyl (C=O) groups excluding carboxylic acids is 1. The van der Waals surface area contributed by atoms with Gasteiger partial charge in [0.05, 0.1) is 4.90 Å². The highest BCUT2D eigenvalue weighted by Gasteiger charge is 2.16. The molecule has 146 valence electrons. The smallest absolute Gasteiger partial charge is 0.263 e. The molecule has 1 aromatic heterocycles. The average molecular weight is 436 g/mol. The van der Waals surface area contributed by atoms with Crippen molar-refractivity contribution in [1.82, 2.24) is 4.98 Å². The molecule has 0 unspecified atom stereocenters. The Bertz CT molecular complexity index is 1020. The molecule has 0 amide bonds. The van der Waals surface area contributed by atoms with Crippen molar-refractivity contribution in [2.75, 3.05) is 16.6 Å². The lowest BCUT2D eigenvalue weighted by molar-refractivity contribution is 0.0981. The first-order valence-corrected chi connectivity index (χ1v) is 11.2. The summed E-state index contributed by atoms with van der Waals surface area (Å²) in [5.41, 5.74) is 1.43. The molecular formula is C19H18ClN3O3S2. The molecule has 28 heavy (non-hydrogen) atoms. The van der Waals surface area contributed by atoms with E-state index in [1.54, 1.807) is 17.5 Å². The van der Waals surface area contributed by atoms with Crippen molar-refractivity contribution in [1.29, 1.82) is 0 Å². The number of thiazole rings is 1. The molecule has 2 N–H and O–H groups in total. The highest BCUT2D eigenvalue weighted by molar-refractivity contribution is 7.93. The fourth-order valence-corrected chi connectivity index (χ4v) is 4.38. The summed E-state index contributed by atoms with van der Waals surface area (Å²) in [5, 5.41) is 5.88. The quantitative estimate of drug-likeness (QED) is 0.376. The third-order valence-corrected chi connectivity index (χ3v) is 6.32. The van der Waals surface area contributed by atoms with E-state index in [0.29, 0.717) is 35.1 Å². The van der Waals surface area contributed by atoms with Crippen LogP contribution in [-0.2, 0) is 10.0 Å². The number of carbonyl (C=O) groups is 1. The molecular weight excluding hydrogens is 418 g/mol. The molecule has 3 rings (SSSR count). The van der Waals surface area contributed by atoms with Gasteiger partial charge >= 0.3 is 0 Å². The van der Waals surface area contributed by atoms with Crippen molar-refractivity contribution in [2.45, 2.75) is 17.7 Å². The van der Waals surface area contributed by atoms with Gasteiger partial charge in [0.25, 0.3) is 10.0 Å². The van der Waals surface area contributed by atoms with E-state index in [1.807, 2.05) is 12.1 Å². The number of Topliss-reactive ketones (excluding diaryl/α,β-unsaturated/α-hetero) is 1. The largest absolute Gasteiger partial charge is 0.385 e. The fourth-order valence-electron chi connectivity index (χ4n) is 2.46. The Labute approximate surface area is 172 Å². The Kier molecular flexibility index (Phi) is 6.66. The summed E-state index contributed by atoms with van der Waals surface area (Å²) in [6, 6.07) is 13.3. The molecule has 0 saturated heterocycles. The lowest BCUT2D eigenvalue weighted by atomic mass is 10.1. The summed E-state index contributed by atoms with van der Waals surface area (Å²) in [5.74, 6) is -0.0327. The van der Waals surface area contributed by atoms with Crippen molar-refractivity contribution < 1.29 is 13.2 Å². The van der Waals surface area contributed by atoms with E-state index in [2.05, 4.69) is 15.0 Å². The van der Waals surface area contributed by atoms with Crippen LogP contribution in [0.15, 0.2) is 65.0 Å². The van der Waals surface area contributed by atoms with Gasteiger partial charge in [-0.25, -0.2) is 13.4 Å². The lowest BCUT2D eigenvalue weighted by Gasteiger charge is -2.07. The second-order valence-corrected chi connectivity index (χ2v) is 8.94. The molecule has 0 spiro atoms. The summed E-state index contributed by atoms with van der Waals surface area (Å²) < 4.78 is 27.0.